The zero-order chi connectivity index (χ0) is 34.5. The van der Waals surface area contributed by atoms with Crippen molar-refractivity contribution < 1.29 is 24.6 Å². The lowest BCUT2D eigenvalue weighted by atomic mass is 9.32. The van der Waals surface area contributed by atoms with E-state index in [9.17, 15) is 19.5 Å². The molecule has 2 unspecified atom stereocenters. The fourth-order valence-corrected chi connectivity index (χ4v) is 13.9. The zero-order valence-corrected chi connectivity index (χ0v) is 30.6. The molecule has 12 atom stereocenters. The summed E-state index contributed by atoms with van der Waals surface area (Å²) < 4.78 is 0. The Balaban J connectivity index is 1.25. The summed E-state index contributed by atoms with van der Waals surface area (Å²) in [5.41, 5.74) is 0.932. The van der Waals surface area contributed by atoms with E-state index in [0.29, 0.717) is 30.1 Å². The number of carboxylic acids is 1. The topological polar surface area (TPSA) is 116 Å². The van der Waals surface area contributed by atoms with Gasteiger partial charge in [0.1, 0.15) is 0 Å². The monoisotopic (exact) mass is 652 g/mol. The van der Waals surface area contributed by atoms with Crippen LogP contribution < -0.4 is 10.6 Å². The van der Waals surface area contributed by atoms with Gasteiger partial charge < -0.3 is 20.8 Å². The second-order valence-electron chi connectivity index (χ2n) is 19.3. The molecule has 0 spiro atoms. The van der Waals surface area contributed by atoms with E-state index in [2.05, 4.69) is 72.6 Å². The number of aliphatic hydroxyl groups excluding tert-OH is 1. The van der Waals surface area contributed by atoms with Crippen LogP contribution in [0.1, 0.15) is 132 Å². The molecule has 6 rings (SSSR count). The number of carboxylic acid groups (broad SMARTS) is 1. The first-order valence-electron chi connectivity index (χ1n) is 18.9. The maximum absolute atomic E-state index is 14.7. The first-order valence-corrected chi connectivity index (χ1v) is 18.9. The third-order valence-electron chi connectivity index (χ3n) is 17.0. The van der Waals surface area contributed by atoms with Gasteiger partial charge in [-0.3, -0.25) is 14.4 Å². The molecule has 0 aliphatic heterocycles. The average molecular weight is 653 g/mol. The number of nitrogens with one attached hydrogen (secondary N) is 2. The second kappa shape index (κ2) is 11.3. The highest BCUT2D eigenvalue weighted by atomic mass is 16.4. The Morgan fingerprint density at radius 2 is 1.51 bits per heavy atom. The minimum atomic E-state index is -0.924. The van der Waals surface area contributed by atoms with Crippen molar-refractivity contribution in [2.75, 3.05) is 6.54 Å². The minimum Gasteiger partial charge on any atom is -0.481 e. The van der Waals surface area contributed by atoms with Crippen LogP contribution in [0.25, 0.3) is 0 Å². The number of aliphatic carboxylic acids is 1. The van der Waals surface area contributed by atoms with Crippen LogP contribution in [0, 0.1) is 68.0 Å². The molecule has 6 fully saturated rings. The van der Waals surface area contributed by atoms with Crippen LogP contribution in [-0.4, -0.2) is 46.7 Å². The maximum Gasteiger partial charge on any atom is 0.305 e. The molecule has 47 heavy (non-hydrogen) atoms. The standard InChI is InChI=1S/C40H64N2O5/c1-23(2)24-12-18-40(34(47)42-29-22-26(35(29,3)4)33(46)41-21-15-31(44)45)20-19-38(8)25(32(24)40)10-11-28-37(7)16-14-30(43)36(5,6)27(37)13-17-39(28,38)9/h24-30,32,43H,1,10-22H2,2-9H3,(H,41,46)(H,42,47)(H,44,45)/t24-,25?,26+,27-,28+,29+,30-,32+,37?,38+,39+,40-/m0/s1. The van der Waals surface area contributed by atoms with E-state index in [4.69, 9.17) is 5.11 Å². The molecule has 2 amide bonds. The molecule has 0 bridgehead atoms. The summed E-state index contributed by atoms with van der Waals surface area (Å²) in [4.78, 5) is 38.6. The van der Waals surface area contributed by atoms with Gasteiger partial charge in [0, 0.05) is 18.5 Å². The smallest absolute Gasteiger partial charge is 0.305 e. The molecule has 4 N–H and O–H groups in total. The van der Waals surface area contributed by atoms with E-state index in [0.717, 1.165) is 38.5 Å². The number of carbonyl (C=O) groups excluding carboxylic acids is 2. The molecule has 0 aromatic rings. The number of rotatable bonds is 7. The summed E-state index contributed by atoms with van der Waals surface area (Å²) >= 11 is 0. The predicted octanol–water partition coefficient (Wildman–Crippen LogP) is 7.13. The van der Waals surface area contributed by atoms with Crippen molar-refractivity contribution in [2.24, 2.45) is 68.0 Å². The third kappa shape index (κ3) is 4.84. The Morgan fingerprint density at radius 1 is 0.809 bits per heavy atom. The molecule has 6 aliphatic carbocycles. The number of fused-ring (bicyclic) bond motifs is 7. The Morgan fingerprint density at radius 3 is 2.15 bits per heavy atom. The van der Waals surface area contributed by atoms with Crippen LogP contribution in [0.2, 0.25) is 0 Å². The molecular formula is C40H64N2O5. The Kier molecular flexibility index (Phi) is 8.42. The van der Waals surface area contributed by atoms with Crippen LogP contribution in [0.15, 0.2) is 12.2 Å². The molecule has 6 aliphatic rings. The van der Waals surface area contributed by atoms with Crippen LogP contribution in [0.5, 0.6) is 0 Å². The summed E-state index contributed by atoms with van der Waals surface area (Å²) in [5.74, 6) is 1.18. The highest BCUT2D eigenvalue weighted by Gasteiger charge is 2.72. The average Bonchev–Trinajstić information content (AvgIpc) is 3.38. The van der Waals surface area contributed by atoms with E-state index in [1.807, 2.05) is 0 Å². The van der Waals surface area contributed by atoms with Crippen molar-refractivity contribution in [1.82, 2.24) is 10.6 Å². The van der Waals surface area contributed by atoms with E-state index in [-0.39, 0.29) is 70.4 Å². The lowest BCUT2D eigenvalue weighted by Gasteiger charge is -2.72. The van der Waals surface area contributed by atoms with Crippen molar-refractivity contribution in [3.05, 3.63) is 12.2 Å². The van der Waals surface area contributed by atoms with Gasteiger partial charge in [-0.15, -0.1) is 0 Å². The summed E-state index contributed by atoms with van der Waals surface area (Å²) in [6.07, 6.45) is 11.0. The number of carbonyl (C=O) groups is 3. The van der Waals surface area contributed by atoms with Crippen LogP contribution in [0.3, 0.4) is 0 Å². The number of hydrogen-bond donors (Lipinski definition) is 4. The highest BCUT2D eigenvalue weighted by molar-refractivity contribution is 5.86. The number of amides is 2. The summed E-state index contributed by atoms with van der Waals surface area (Å²) in [5, 5.41) is 26.4. The van der Waals surface area contributed by atoms with Crippen LogP contribution in [0.4, 0.5) is 0 Å². The van der Waals surface area contributed by atoms with Crippen molar-refractivity contribution in [1.29, 1.82) is 0 Å². The van der Waals surface area contributed by atoms with Crippen molar-refractivity contribution in [3.63, 3.8) is 0 Å². The normalized spacial score (nSPS) is 47.6. The van der Waals surface area contributed by atoms with Gasteiger partial charge >= 0.3 is 5.97 Å². The molecule has 0 saturated heterocycles. The van der Waals surface area contributed by atoms with E-state index in [1.54, 1.807) is 0 Å². The second-order valence-corrected chi connectivity index (χ2v) is 19.3. The first kappa shape index (κ1) is 35.0. The Bertz CT molecular complexity index is 1320. The van der Waals surface area contributed by atoms with Gasteiger partial charge in [-0.1, -0.05) is 60.6 Å². The SMILES string of the molecule is C=C(C)[C@@H]1CC[C@]2(C(=O)N[C@@H]3C[C@H](C(=O)NCCC(=O)O)C3(C)C)CC[C@]3(C)C(CC[C@@H]4C5(C)CC[C@H](O)C(C)(C)[C@@H]5CC[C@]43C)[C@@H]12. The fourth-order valence-electron chi connectivity index (χ4n) is 13.9. The molecule has 7 nitrogen and oxygen atoms in total. The fraction of sp³-hybridized carbons (Fsp3) is 0.875. The molecule has 0 aromatic carbocycles. The van der Waals surface area contributed by atoms with Crippen molar-refractivity contribution in [3.8, 4) is 0 Å². The van der Waals surface area contributed by atoms with Gasteiger partial charge in [-0.25, -0.2) is 0 Å². The van der Waals surface area contributed by atoms with E-state index >= 15 is 0 Å². The van der Waals surface area contributed by atoms with Gasteiger partial charge in [0.05, 0.1) is 17.9 Å². The highest BCUT2D eigenvalue weighted by Crippen LogP contribution is 2.77. The number of aliphatic hydroxyl groups is 1. The van der Waals surface area contributed by atoms with Gasteiger partial charge in [0.15, 0.2) is 0 Å². The maximum atomic E-state index is 14.7. The first-order chi connectivity index (χ1) is 21.8. The van der Waals surface area contributed by atoms with Gasteiger partial charge in [0.2, 0.25) is 11.8 Å². The molecule has 0 aromatic heterocycles. The predicted molar refractivity (Wildman–Crippen MR) is 184 cm³/mol. The summed E-state index contributed by atoms with van der Waals surface area (Å²) in [6.45, 7) is 23.4. The number of allylic oxidation sites excluding steroid dienone is 1. The molecule has 6 saturated carbocycles. The minimum absolute atomic E-state index is 0.0597. The number of hydrogen-bond acceptors (Lipinski definition) is 4. The van der Waals surface area contributed by atoms with Crippen molar-refractivity contribution >= 4 is 17.8 Å². The van der Waals surface area contributed by atoms with E-state index in [1.165, 1.54) is 31.3 Å². The van der Waals surface area contributed by atoms with E-state index < -0.39 is 16.8 Å². The summed E-state index contributed by atoms with van der Waals surface area (Å²) in [7, 11) is 0. The largest absolute Gasteiger partial charge is 0.481 e. The molecule has 0 radical (unpaired) electrons. The molecular weight excluding hydrogens is 588 g/mol. The van der Waals surface area contributed by atoms with Gasteiger partial charge in [-0.05, 0) is 134 Å². The lowest BCUT2D eigenvalue weighted by Crippen LogP contribution is -2.68. The summed E-state index contributed by atoms with van der Waals surface area (Å²) in [6, 6.07) is -0.0778. The third-order valence-corrected chi connectivity index (χ3v) is 17.0. The molecule has 264 valence electrons. The Labute approximate surface area is 283 Å². The zero-order valence-electron chi connectivity index (χ0n) is 30.6. The lowest BCUT2D eigenvalue weighted by molar-refractivity contribution is -0.246. The van der Waals surface area contributed by atoms with Gasteiger partial charge in [-0.2, -0.15) is 0 Å². The molecule has 7 heteroatoms. The van der Waals surface area contributed by atoms with Crippen LogP contribution >= 0.6 is 0 Å². The van der Waals surface area contributed by atoms with Gasteiger partial charge in [0.25, 0.3) is 0 Å². The van der Waals surface area contributed by atoms with Crippen LogP contribution in [-0.2, 0) is 14.4 Å². The Hall–Kier alpha value is -1.89. The molecule has 0 heterocycles. The van der Waals surface area contributed by atoms with Crippen molar-refractivity contribution in [2.45, 2.75) is 145 Å². The quantitative estimate of drug-likeness (QED) is 0.219.